The highest BCUT2D eigenvalue weighted by Crippen LogP contribution is 2.22. The molecule has 2 amide bonds. The molecule has 1 atom stereocenters. The highest BCUT2D eigenvalue weighted by atomic mass is 32.2. The summed E-state index contributed by atoms with van der Waals surface area (Å²) in [6.45, 7) is 0.618. The molecule has 0 aromatic rings. The fourth-order valence-electron chi connectivity index (χ4n) is 1.31. The quantitative estimate of drug-likeness (QED) is 0.458. The van der Waals surface area contributed by atoms with Gasteiger partial charge in [0.2, 0.25) is 0 Å². The van der Waals surface area contributed by atoms with Crippen molar-refractivity contribution >= 4 is 40.8 Å². The van der Waals surface area contributed by atoms with Crippen LogP contribution in [0.1, 0.15) is 6.42 Å². The molecule has 1 fully saturated rings. The number of amides is 2. The molecule has 0 saturated carbocycles. The van der Waals surface area contributed by atoms with E-state index in [9.17, 15) is 9.59 Å². The summed E-state index contributed by atoms with van der Waals surface area (Å²) in [5.41, 5.74) is 5.20. The maximum Gasteiger partial charge on any atom is 0.309 e. The molecule has 7 heteroatoms. The number of hydrogen-bond donors (Lipinski definition) is 3. The Balaban J connectivity index is 2.17. The molecule has 90 valence electrons. The van der Waals surface area contributed by atoms with Gasteiger partial charge >= 0.3 is 11.8 Å². The third-order valence-corrected chi connectivity index (χ3v) is 3.58. The minimum Gasteiger partial charge on any atom is -0.392 e. The molecular weight excluding hydrogens is 246 g/mol. The van der Waals surface area contributed by atoms with Crippen molar-refractivity contribution in [3.8, 4) is 0 Å². The lowest BCUT2D eigenvalue weighted by Crippen LogP contribution is -2.44. The molecule has 1 unspecified atom stereocenters. The number of thioether (sulfide) groups is 1. The number of nitrogens with one attached hydrogen (secondary N) is 2. The summed E-state index contributed by atoms with van der Waals surface area (Å²) in [5.74, 6) is 1.37. The fourth-order valence-corrected chi connectivity index (χ4v) is 2.67. The van der Waals surface area contributed by atoms with E-state index in [4.69, 9.17) is 5.73 Å². The molecule has 1 heterocycles. The van der Waals surface area contributed by atoms with Gasteiger partial charge in [-0.1, -0.05) is 12.2 Å². The van der Waals surface area contributed by atoms with Gasteiger partial charge < -0.3 is 16.4 Å². The molecule has 0 aromatic carbocycles. The Kier molecular flexibility index (Phi) is 5.54. The summed E-state index contributed by atoms with van der Waals surface area (Å²) in [7, 11) is 0. The first-order chi connectivity index (χ1) is 7.59. The van der Waals surface area contributed by atoms with Crippen LogP contribution in [0.15, 0.2) is 0 Å². The Labute approximate surface area is 104 Å². The van der Waals surface area contributed by atoms with Gasteiger partial charge in [0.05, 0.1) is 11.5 Å². The molecule has 0 radical (unpaired) electrons. The second-order valence-electron chi connectivity index (χ2n) is 3.59. The third kappa shape index (κ3) is 4.80. The summed E-state index contributed by atoms with van der Waals surface area (Å²) in [6, 6.07) is 0. The Hall–Kier alpha value is -0.820. The van der Waals surface area contributed by atoms with E-state index in [0.717, 1.165) is 17.9 Å². The van der Waals surface area contributed by atoms with E-state index in [-0.39, 0.29) is 11.5 Å². The smallest absolute Gasteiger partial charge is 0.309 e. The van der Waals surface area contributed by atoms with E-state index in [2.05, 4.69) is 22.9 Å². The van der Waals surface area contributed by atoms with E-state index in [1.165, 1.54) is 0 Å². The molecule has 1 saturated heterocycles. The number of hydrogen-bond acceptors (Lipinski definition) is 4. The number of nitrogens with two attached hydrogens (primary N) is 1. The second kappa shape index (κ2) is 6.70. The van der Waals surface area contributed by atoms with Crippen LogP contribution in [-0.4, -0.2) is 41.4 Å². The van der Waals surface area contributed by atoms with Gasteiger partial charge in [-0.3, -0.25) is 9.59 Å². The lowest BCUT2D eigenvalue weighted by molar-refractivity contribution is -0.139. The Morgan fingerprint density at radius 1 is 1.38 bits per heavy atom. The average Bonchev–Trinajstić information content (AvgIpc) is 2.75. The summed E-state index contributed by atoms with van der Waals surface area (Å²) < 4.78 is 0. The predicted octanol–water partition coefficient (Wildman–Crippen LogP) is -0.742. The van der Waals surface area contributed by atoms with Crippen LogP contribution in [0.4, 0.5) is 0 Å². The number of carbonyl (C=O) groups is 2. The summed E-state index contributed by atoms with van der Waals surface area (Å²) >= 11 is 6.45. The monoisotopic (exact) mass is 261 g/mol. The molecule has 0 spiro atoms. The van der Waals surface area contributed by atoms with Gasteiger partial charge in [-0.25, -0.2) is 0 Å². The highest BCUT2D eigenvalue weighted by molar-refractivity contribution is 7.99. The molecule has 1 aliphatic rings. The van der Waals surface area contributed by atoms with Gasteiger partial charge in [-0.05, 0) is 23.8 Å². The van der Waals surface area contributed by atoms with Crippen molar-refractivity contribution < 1.29 is 9.59 Å². The van der Waals surface area contributed by atoms with Gasteiger partial charge in [0.15, 0.2) is 0 Å². The first kappa shape index (κ1) is 13.2. The zero-order valence-corrected chi connectivity index (χ0v) is 10.5. The first-order valence-electron chi connectivity index (χ1n) is 5.01. The van der Waals surface area contributed by atoms with E-state index in [1.807, 2.05) is 11.8 Å². The van der Waals surface area contributed by atoms with Gasteiger partial charge in [0, 0.05) is 6.54 Å². The van der Waals surface area contributed by atoms with Crippen LogP contribution >= 0.6 is 24.0 Å². The first-order valence-corrected chi connectivity index (χ1v) is 6.58. The Morgan fingerprint density at radius 2 is 2.06 bits per heavy atom. The number of thiocarbonyl (C=S) groups is 1. The summed E-state index contributed by atoms with van der Waals surface area (Å²) in [5, 5.41) is 4.93. The van der Waals surface area contributed by atoms with Crippen molar-refractivity contribution in [2.45, 2.75) is 6.42 Å². The van der Waals surface area contributed by atoms with Crippen LogP contribution in [-0.2, 0) is 9.59 Å². The maximum absolute atomic E-state index is 11.3. The lowest BCUT2D eigenvalue weighted by Gasteiger charge is -2.09. The van der Waals surface area contributed by atoms with E-state index in [0.29, 0.717) is 12.5 Å². The van der Waals surface area contributed by atoms with E-state index >= 15 is 0 Å². The minimum absolute atomic E-state index is 0.0564. The van der Waals surface area contributed by atoms with Crippen LogP contribution in [0.5, 0.6) is 0 Å². The molecule has 5 nitrogen and oxygen atoms in total. The summed E-state index contributed by atoms with van der Waals surface area (Å²) in [6.07, 6.45) is 1.10. The second-order valence-corrected chi connectivity index (χ2v) is 5.26. The third-order valence-electron chi connectivity index (χ3n) is 2.20. The van der Waals surface area contributed by atoms with Gasteiger partial charge in [0.1, 0.15) is 0 Å². The highest BCUT2D eigenvalue weighted by Gasteiger charge is 2.18. The van der Waals surface area contributed by atoms with Crippen molar-refractivity contribution in [1.29, 1.82) is 0 Å². The topological polar surface area (TPSA) is 84.2 Å². The molecular formula is C9H15N3O2S2. The van der Waals surface area contributed by atoms with Gasteiger partial charge in [-0.15, -0.1) is 0 Å². The number of rotatable bonds is 4. The maximum atomic E-state index is 11.3. The van der Waals surface area contributed by atoms with Crippen LogP contribution in [0, 0.1) is 5.92 Å². The van der Waals surface area contributed by atoms with Crippen LogP contribution in [0.2, 0.25) is 0 Å². The van der Waals surface area contributed by atoms with E-state index < -0.39 is 11.8 Å². The number of carbonyl (C=O) groups excluding carboxylic acids is 2. The Morgan fingerprint density at radius 3 is 2.62 bits per heavy atom. The van der Waals surface area contributed by atoms with Crippen molar-refractivity contribution in [1.82, 2.24) is 10.6 Å². The molecule has 16 heavy (non-hydrogen) atoms. The van der Waals surface area contributed by atoms with Crippen LogP contribution < -0.4 is 16.4 Å². The normalized spacial score (nSPS) is 19.1. The Bertz CT molecular complexity index is 290. The van der Waals surface area contributed by atoms with E-state index in [1.54, 1.807) is 0 Å². The minimum atomic E-state index is -0.682. The molecule has 1 rings (SSSR count). The lowest BCUT2D eigenvalue weighted by atomic mass is 10.1. The van der Waals surface area contributed by atoms with Crippen LogP contribution in [0.25, 0.3) is 0 Å². The summed E-state index contributed by atoms with van der Waals surface area (Å²) in [4.78, 5) is 22.7. The molecule has 4 N–H and O–H groups in total. The molecule has 0 aliphatic carbocycles. The van der Waals surface area contributed by atoms with Crippen molar-refractivity contribution in [2.75, 3.05) is 24.6 Å². The predicted molar refractivity (Wildman–Crippen MR) is 68.2 cm³/mol. The van der Waals surface area contributed by atoms with Crippen molar-refractivity contribution in [3.05, 3.63) is 0 Å². The van der Waals surface area contributed by atoms with Gasteiger partial charge in [0.25, 0.3) is 0 Å². The molecule has 1 aliphatic heterocycles. The van der Waals surface area contributed by atoms with Crippen molar-refractivity contribution in [2.24, 2.45) is 11.7 Å². The zero-order chi connectivity index (χ0) is 12.0. The molecule has 0 aromatic heterocycles. The van der Waals surface area contributed by atoms with Crippen molar-refractivity contribution in [3.63, 3.8) is 0 Å². The largest absolute Gasteiger partial charge is 0.392 e. The van der Waals surface area contributed by atoms with Gasteiger partial charge in [-0.2, -0.15) is 11.8 Å². The fraction of sp³-hybridized carbons (Fsp3) is 0.667. The van der Waals surface area contributed by atoms with Crippen LogP contribution in [0.3, 0.4) is 0 Å². The average molecular weight is 261 g/mol. The zero-order valence-electron chi connectivity index (χ0n) is 8.82. The SMILES string of the molecule is NC(=S)CNC(=O)C(=O)NCC1CCSC1. The standard InChI is InChI=1S/C9H15N3O2S2/c10-7(15)4-12-9(14)8(13)11-3-6-1-2-16-5-6/h6H,1-5H2,(H2,10,15)(H,11,13)(H,12,14). The molecule has 0 bridgehead atoms.